The van der Waals surface area contributed by atoms with Gasteiger partial charge in [0, 0.05) is 5.02 Å². The van der Waals surface area contributed by atoms with E-state index in [1.165, 1.54) is 19.3 Å². The number of rotatable bonds is 4. The molecule has 1 fully saturated rings. The van der Waals surface area contributed by atoms with Crippen LogP contribution in [0.2, 0.25) is 5.02 Å². The van der Waals surface area contributed by atoms with Gasteiger partial charge >= 0.3 is 0 Å². The first-order valence-electron chi connectivity index (χ1n) is 7.23. The first-order valence-corrected chi connectivity index (χ1v) is 7.61. The molecule has 0 aromatic heterocycles. The zero-order valence-electron chi connectivity index (χ0n) is 12.2. The second-order valence-electron chi connectivity index (χ2n) is 5.86. The molecule has 1 aromatic rings. The maximum Gasteiger partial charge on any atom is 0.175 e. The van der Waals surface area contributed by atoms with Gasteiger partial charge in [-0.1, -0.05) is 36.2 Å². The Morgan fingerprint density at radius 3 is 2.60 bits per heavy atom. The molecule has 2 rings (SSSR count). The van der Waals surface area contributed by atoms with Crippen LogP contribution >= 0.6 is 11.6 Å². The number of carbonyl (C=O) groups is 1. The molecule has 1 aliphatic rings. The van der Waals surface area contributed by atoms with Gasteiger partial charge in [-0.15, -0.1) is 0 Å². The van der Waals surface area contributed by atoms with Crippen molar-refractivity contribution in [3.63, 3.8) is 0 Å². The first-order chi connectivity index (χ1) is 9.50. The molecule has 1 aromatic carbocycles. The summed E-state index contributed by atoms with van der Waals surface area (Å²) in [6, 6.07) is 7.53. The minimum atomic E-state index is -0.421. The number of nitrogens with zero attached hydrogens (tertiary/aromatic N) is 1. The quantitative estimate of drug-likeness (QED) is 0.776. The Balaban J connectivity index is 2.06. The Hall–Kier alpha value is -1.12. The average Bonchev–Trinajstić information content (AvgIpc) is 2.45. The monoisotopic (exact) mass is 291 g/mol. The smallest absolute Gasteiger partial charge is 0.175 e. The Morgan fingerprint density at radius 1 is 1.25 bits per heavy atom. The molecule has 0 atom stereocenters. The van der Waals surface area contributed by atoms with Crippen molar-refractivity contribution in [1.82, 2.24) is 4.90 Å². The topological polar surface area (TPSA) is 20.3 Å². The van der Waals surface area contributed by atoms with Crippen LogP contribution in [0.25, 0.3) is 6.08 Å². The van der Waals surface area contributed by atoms with E-state index in [4.69, 9.17) is 11.6 Å². The number of carbonyl (C=O) groups excluding carboxylic acids is 1. The van der Waals surface area contributed by atoms with Gasteiger partial charge in [-0.25, -0.2) is 0 Å². The summed E-state index contributed by atoms with van der Waals surface area (Å²) in [6.07, 6.45) is 7.18. The van der Waals surface area contributed by atoms with E-state index in [-0.39, 0.29) is 5.78 Å². The molecule has 0 N–H and O–H groups in total. The number of ketones is 1. The van der Waals surface area contributed by atoms with Crippen LogP contribution in [0, 0.1) is 0 Å². The minimum absolute atomic E-state index is 0.152. The summed E-state index contributed by atoms with van der Waals surface area (Å²) in [5, 5.41) is 0.690. The van der Waals surface area contributed by atoms with E-state index in [0.717, 1.165) is 18.7 Å². The van der Waals surface area contributed by atoms with E-state index in [0.29, 0.717) is 5.02 Å². The fourth-order valence-corrected chi connectivity index (χ4v) is 2.79. The summed E-state index contributed by atoms with van der Waals surface area (Å²) in [4.78, 5) is 14.8. The molecule has 0 radical (unpaired) electrons. The highest BCUT2D eigenvalue weighted by molar-refractivity contribution is 6.30. The Morgan fingerprint density at radius 2 is 1.95 bits per heavy atom. The average molecular weight is 292 g/mol. The van der Waals surface area contributed by atoms with Crippen molar-refractivity contribution in [1.29, 1.82) is 0 Å². The second kappa shape index (κ2) is 6.55. The highest BCUT2D eigenvalue weighted by Gasteiger charge is 2.33. The van der Waals surface area contributed by atoms with Gasteiger partial charge in [-0.3, -0.25) is 9.69 Å². The summed E-state index contributed by atoms with van der Waals surface area (Å²) in [5.41, 5.74) is 0.537. The van der Waals surface area contributed by atoms with E-state index in [1.807, 2.05) is 44.2 Å². The van der Waals surface area contributed by atoms with Crippen LogP contribution in [0.1, 0.15) is 38.7 Å². The standard InChI is InChI=1S/C17H22ClNO/c1-17(2,19-11-4-3-5-12-19)16(20)10-9-14-7-6-8-15(18)13-14/h6-10,13H,3-5,11-12H2,1-2H3/b10-9+. The zero-order chi connectivity index (χ0) is 14.6. The third kappa shape index (κ3) is 3.71. The van der Waals surface area contributed by atoms with E-state index in [1.54, 1.807) is 6.08 Å². The fourth-order valence-electron chi connectivity index (χ4n) is 2.59. The molecule has 1 saturated heterocycles. The molecule has 108 valence electrons. The molecule has 0 aliphatic carbocycles. The van der Waals surface area contributed by atoms with E-state index in [9.17, 15) is 4.79 Å². The maximum atomic E-state index is 12.5. The molecule has 0 saturated carbocycles. The number of halogens is 1. The lowest BCUT2D eigenvalue weighted by atomic mass is 9.93. The van der Waals surface area contributed by atoms with Gasteiger partial charge in [0.25, 0.3) is 0 Å². The number of piperidine rings is 1. The maximum absolute atomic E-state index is 12.5. The molecule has 3 heteroatoms. The summed E-state index contributed by atoms with van der Waals surface area (Å²) in [7, 11) is 0. The van der Waals surface area contributed by atoms with Gasteiger partial charge < -0.3 is 0 Å². The van der Waals surface area contributed by atoms with Crippen LogP contribution in [-0.2, 0) is 4.79 Å². The number of hydrogen-bond donors (Lipinski definition) is 0. The molecular formula is C17H22ClNO. The van der Waals surface area contributed by atoms with Crippen LogP contribution in [-0.4, -0.2) is 29.3 Å². The second-order valence-corrected chi connectivity index (χ2v) is 6.30. The summed E-state index contributed by atoms with van der Waals surface area (Å²) in [5.74, 6) is 0.152. The Bertz CT molecular complexity index is 501. The summed E-state index contributed by atoms with van der Waals surface area (Å²) >= 11 is 5.94. The van der Waals surface area contributed by atoms with E-state index in [2.05, 4.69) is 4.90 Å². The predicted octanol–water partition coefficient (Wildman–Crippen LogP) is 4.19. The Kier molecular flexibility index (Phi) is 5.00. The normalized spacial score (nSPS) is 17.6. The number of hydrogen-bond acceptors (Lipinski definition) is 2. The van der Waals surface area contributed by atoms with Gasteiger partial charge in [-0.05, 0) is 63.6 Å². The number of likely N-dealkylation sites (tertiary alicyclic amines) is 1. The SMILES string of the molecule is CC(C)(C(=O)/C=C/c1cccc(Cl)c1)N1CCCCC1. The van der Waals surface area contributed by atoms with Gasteiger partial charge in [-0.2, -0.15) is 0 Å². The van der Waals surface area contributed by atoms with Crippen molar-refractivity contribution < 1.29 is 4.79 Å². The van der Waals surface area contributed by atoms with Gasteiger partial charge in [0.05, 0.1) is 5.54 Å². The number of benzene rings is 1. The van der Waals surface area contributed by atoms with Crippen molar-refractivity contribution in [3.05, 3.63) is 40.9 Å². The van der Waals surface area contributed by atoms with Crippen molar-refractivity contribution in [3.8, 4) is 0 Å². The summed E-state index contributed by atoms with van der Waals surface area (Å²) < 4.78 is 0. The first kappa shape index (κ1) is 15.3. The molecule has 20 heavy (non-hydrogen) atoms. The van der Waals surface area contributed by atoms with Crippen molar-refractivity contribution in [2.75, 3.05) is 13.1 Å². The molecule has 1 heterocycles. The third-order valence-corrected chi connectivity index (χ3v) is 4.26. The largest absolute Gasteiger partial charge is 0.293 e. The molecule has 0 amide bonds. The van der Waals surface area contributed by atoms with Gasteiger partial charge in [0.1, 0.15) is 0 Å². The third-order valence-electron chi connectivity index (χ3n) is 4.03. The van der Waals surface area contributed by atoms with Crippen LogP contribution in [0.3, 0.4) is 0 Å². The molecule has 0 spiro atoms. The van der Waals surface area contributed by atoms with Gasteiger partial charge in [0.2, 0.25) is 0 Å². The highest BCUT2D eigenvalue weighted by atomic mass is 35.5. The summed E-state index contributed by atoms with van der Waals surface area (Å²) in [6.45, 7) is 6.07. The molecule has 0 bridgehead atoms. The van der Waals surface area contributed by atoms with Crippen molar-refractivity contribution in [2.24, 2.45) is 0 Å². The molecular weight excluding hydrogens is 270 g/mol. The van der Waals surface area contributed by atoms with E-state index < -0.39 is 5.54 Å². The van der Waals surface area contributed by atoms with Crippen LogP contribution in [0.4, 0.5) is 0 Å². The lowest BCUT2D eigenvalue weighted by Gasteiger charge is -2.39. The molecule has 2 nitrogen and oxygen atoms in total. The van der Waals surface area contributed by atoms with Crippen molar-refractivity contribution in [2.45, 2.75) is 38.6 Å². The van der Waals surface area contributed by atoms with Crippen LogP contribution in [0.15, 0.2) is 30.3 Å². The molecule has 1 aliphatic heterocycles. The van der Waals surface area contributed by atoms with Gasteiger partial charge in [0.15, 0.2) is 5.78 Å². The minimum Gasteiger partial charge on any atom is -0.293 e. The highest BCUT2D eigenvalue weighted by Crippen LogP contribution is 2.22. The van der Waals surface area contributed by atoms with Crippen molar-refractivity contribution >= 4 is 23.5 Å². The zero-order valence-corrected chi connectivity index (χ0v) is 13.0. The van der Waals surface area contributed by atoms with Crippen LogP contribution < -0.4 is 0 Å². The molecule has 0 unspecified atom stereocenters. The predicted molar refractivity (Wildman–Crippen MR) is 85.0 cm³/mol. The lowest BCUT2D eigenvalue weighted by Crippen LogP contribution is -2.51. The lowest BCUT2D eigenvalue weighted by molar-refractivity contribution is -0.125. The fraction of sp³-hybridized carbons (Fsp3) is 0.471. The van der Waals surface area contributed by atoms with Crippen LogP contribution in [0.5, 0.6) is 0 Å². The van der Waals surface area contributed by atoms with E-state index >= 15 is 0 Å². The Labute approximate surface area is 126 Å².